The Morgan fingerprint density at radius 1 is 1.06 bits per heavy atom. The molecule has 2 heteroatoms. The Morgan fingerprint density at radius 3 is 2.38 bits per heavy atom. The van der Waals surface area contributed by atoms with Gasteiger partial charge in [0.1, 0.15) is 6.10 Å². The van der Waals surface area contributed by atoms with Crippen LogP contribution in [0, 0.1) is 20.8 Å². The lowest BCUT2D eigenvalue weighted by Gasteiger charge is -2.14. The molecule has 0 radical (unpaired) electrons. The van der Waals surface area contributed by atoms with E-state index in [1.807, 2.05) is 13.0 Å². The zero-order valence-electron chi connectivity index (χ0n) is 9.82. The molecule has 1 unspecified atom stereocenters. The van der Waals surface area contributed by atoms with Gasteiger partial charge in [-0.15, -0.1) is 0 Å². The minimum atomic E-state index is -0.599. The monoisotopic (exact) mass is 216 g/mol. The van der Waals surface area contributed by atoms with Crippen LogP contribution in [0.4, 0.5) is 0 Å². The molecule has 0 saturated carbocycles. The summed E-state index contributed by atoms with van der Waals surface area (Å²) in [4.78, 5) is 0. The molecule has 0 saturated heterocycles. The summed E-state index contributed by atoms with van der Waals surface area (Å²) in [6.45, 7) is 6.15. The van der Waals surface area contributed by atoms with Crippen LogP contribution in [0.15, 0.2) is 35.1 Å². The Morgan fingerprint density at radius 2 is 1.75 bits per heavy atom. The van der Waals surface area contributed by atoms with Crippen LogP contribution in [0.5, 0.6) is 0 Å². The van der Waals surface area contributed by atoms with Crippen molar-refractivity contribution in [2.75, 3.05) is 0 Å². The highest BCUT2D eigenvalue weighted by molar-refractivity contribution is 5.40. The molecule has 0 bridgehead atoms. The molecule has 1 heterocycles. The first-order valence-corrected chi connectivity index (χ1v) is 5.37. The normalized spacial score (nSPS) is 12.8. The van der Waals surface area contributed by atoms with Crippen molar-refractivity contribution in [1.29, 1.82) is 0 Å². The lowest BCUT2D eigenvalue weighted by Crippen LogP contribution is -2.02. The van der Waals surface area contributed by atoms with Gasteiger partial charge in [0.05, 0.1) is 12.5 Å². The van der Waals surface area contributed by atoms with Crippen molar-refractivity contribution >= 4 is 0 Å². The summed E-state index contributed by atoms with van der Waals surface area (Å²) in [5, 5.41) is 10.2. The third kappa shape index (κ3) is 1.89. The number of aliphatic hydroxyl groups excluding tert-OH is 1. The van der Waals surface area contributed by atoms with E-state index in [0.29, 0.717) is 0 Å². The maximum atomic E-state index is 10.2. The summed E-state index contributed by atoms with van der Waals surface area (Å²) < 4.78 is 4.99. The van der Waals surface area contributed by atoms with E-state index in [-0.39, 0.29) is 0 Å². The number of aliphatic hydroxyl groups is 1. The van der Waals surface area contributed by atoms with Crippen molar-refractivity contribution in [3.63, 3.8) is 0 Å². The van der Waals surface area contributed by atoms with Crippen LogP contribution in [0.3, 0.4) is 0 Å². The third-order valence-electron chi connectivity index (χ3n) is 3.04. The van der Waals surface area contributed by atoms with E-state index < -0.39 is 6.10 Å². The highest BCUT2D eigenvalue weighted by atomic mass is 16.3. The van der Waals surface area contributed by atoms with E-state index in [0.717, 1.165) is 16.7 Å². The fraction of sp³-hybridized carbons (Fsp3) is 0.286. The molecule has 1 aromatic carbocycles. The van der Waals surface area contributed by atoms with Crippen LogP contribution in [0.1, 0.15) is 33.9 Å². The van der Waals surface area contributed by atoms with Gasteiger partial charge >= 0.3 is 0 Å². The highest BCUT2D eigenvalue weighted by Crippen LogP contribution is 2.27. The Labute approximate surface area is 95.5 Å². The van der Waals surface area contributed by atoms with E-state index in [2.05, 4.69) is 19.9 Å². The fourth-order valence-electron chi connectivity index (χ4n) is 1.89. The van der Waals surface area contributed by atoms with Crippen molar-refractivity contribution in [2.24, 2.45) is 0 Å². The predicted molar refractivity (Wildman–Crippen MR) is 63.4 cm³/mol. The molecule has 0 aliphatic carbocycles. The third-order valence-corrected chi connectivity index (χ3v) is 3.04. The molecule has 0 spiro atoms. The van der Waals surface area contributed by atoms with Crippen LogP contribution in [-0.4, -0.2) is 5.11 Å². The quantitative estimate of drug-likeness (QED) is 0.835. The van der Waals surface area contributed by atoms with Crippen molar-refractivity contribution in [2.45, 2.75) is 26.9 Å². The number of aryl methyl sites for hydroxylation is 3. The number of hydrogen-bond acceptors (Lipinski definition) is 2. The molecular weight excluding hydrogens is 200 g/mol. The van der Waals surface area contributed by atoms with Crippen molar-refractivity contribution in [1.82, 2.24) is 0 Å². The van der Waals surface area contributed by atoms with Crippen LogP contribution in [0.25, 0.3) is 0 Å². The van der Waals surface area contributed by atoms with E-state index in [1.54, 1.807) is 18.6 Å². The standard InChI is InChI=1S/C14H16O2/c1-9-6-11(3)13(7-10(9)2)14(15)12-4-5-16-8-12/h4-8,14-15H,1-3H3. The van der Waals surface area contributed by atoms with Crippen molar-refractivity contribution in [3.05, 3.63) is 58.5 Å². The average Bonchev–Trinajstić information content (AvgIpc) is 2.75. The highest BCUT2D eigenvalue weighted by Gasteiger charge is 2.14. The molecule has 2 nitrogen and oxygen atoms in total. The van der Waals surface area contributed by atoms with Gasteiger partial charge in [0.15, 0.2) is 0 Å². The molecule has 1 aromatic heterocycles. The second-order valence-corrected chi connectivity index (χ2v) is 4.25. The average molecular weight is 216 g/mol. The first-order valence-electron chi connectivity index (χ1n) is 5.37. The Kier molecular flexibility index (Phi) is 2.84. The first-order chi connectivity index (χ1) is 7.59. The Hall–Kier alpha value is -1.54. The van der Waals surface area contributed by atoms with E-state index >= 15 is 0 Å². The largest absolute Gasteiger partial charge is 0.472 e. The molecule has 2 rings (SSSR count). The van der Waals surface area contributed by atoms with E-state index in [9.17, 15) is 5.11 Å². The molecule has 0 aliphatic heterocycles. The van der Waals surface area contributed by atoms with E-state index in [1.165, 1.54) is 11.1 Å². The molecule has 0 amide bonds. The summed E-state index contributed by atoms with van der Waals surface area (Å²) in [5.74, 6) is 0. The van der Waals surface area contributed by atoms with Gasteiger partial charge in [-0.25, -0.2) is 0 Å². The van der Waals surface area contributed by atoms with Crippen LogP contribution < -0.4 is 0 Å². The molecule has 16 heavy (non-hydrogen) atoms. The SMILES string of the molecule is Cc1cc(C)c(C(O)c2ccoc2)cc1C. The lowest BCUT2D eigenvalue weighted by molar-refractivity contribution is 0.218. The number of benzene rings is 1. The van der Waals surface area contributed by atoms with Gasteiger partial charge in [-0.2, -0.15) is 0 Å². The van der Waals surface area contributed by atoms with Crippen LogP contribution in [0.2, 0.25) is 0 Å². The summed E-state index contributed by atoms with van der Waals surface area (Å²) in [6.07, 6.45) is 2.56. The van der Waals surface area contributed by atoms with Gasteiger partial charge in [-0.05, 0) is 49.1 Å². The predicted octanol–water partition coefficient (Wildman–Crippen LogP) is 3.29. The van der Waals surface area contributed by atoms with Gasteiger partial charge in [0.2, 0.25) is 0 Å². The smallest absolute Gasteiger partial charge is 0.107 e. The zero-order valence-corrected chi connectivity index (χ0v) is 9.82. The van der Waals surface area contributed by atoms with Crippen LogP contribution >= 0.6 is 0 Å². The number of rotatable bonds is 2. The fourth-order valence-corrected chi connectivity index (χ4v) is 1.89. The summed E-state index contributed by atoms with van der Waals surface area (Å²) >= 11 is 0. The summed E-state index contributed by atoms with van der Waals surface area (Å²) in [7, 11) is 0. The minimum absolute atomic E-state index is 0.599. The summed E-state index contributed by atoms with van der Waals surface area (Å²) in [5.41, 5.74) is 5.30. The number of hydrogen-bond donors (Lipinski definition) is 1. The van der Waals surface area contributed by atoms with E-state index in [4.69, 9.17) is 4.42 Å². The van der Waals surface area contributed by atoms with Crippen molar-refractivity contribution in [3.8, 4) is 0 Å². The molecule has 84 valence electrons. The Bertz CT molecular complexity index is 484. The second kappa shape index (κ2) is 4.14. The first kappa shape index (κ1) is 11.0. The maximum Gasteiger partial charge on any atom is 0.107 e. The Balaban J connectivity index is 2.44. The van der Waals surface area contributed by atoms with Crippen LogP contribution in [-0.2, 0) is 0 Å². The molecular formula is C14H16O2. The van der Waals surface area contributed by atoms with Gasteiger partial charge in [0.25, 0.3) is 0 Å². The molecule has 1 atom stereocenters. The molecule has 1 N–H and O–H groups in total. The minimum Gasteiger partial charge on any atom is -0.472 e. The van der Waals surface area contributed by atoms with Gasteiger partial charge in [0, 0.05) is 5.56 Å². The van der Waals surface area contributed by atoms with Gasteiger partial charge < -0.3 is 9.52 Å². The summed E-state index contributed by atoms with van der Waals surface area (Å²) in [6, 6.07) is 5.94. The molecule has 0 fully saturated rings. The van der Waals surface area contributed by atoms with Gasteiger partial charge in [-0.3, -0.25) is 0 Å². The maximum absolute atomic E-state index is 10.2. The zero-order chi connectivity index (χ0) is 11.7. The molecule has 0 aliphatic rings. The second-order valence-electron chi connectivity index (χ2n) is 4.25. The topological polar surface area (TPSA) is 33.4 Å². The van der Waals surface area contributed by atoms with Gasteiger partial charge in [-0.1, -0.05) is 12.1 Å². The van der Waals surface area contributed by atoms with Crippen molar-refractivity contribution < 1.29 is 9.52 Å². The molecule has 2 aromatic rings. The number of furan rings is 1. The lowest BCUT2D eigenvalue weighted by atomic mass is 9.95.